The van der Waals surface area contributed by atoms with Gasteiger partial charge in [-0.1, -0.05) is 12.1 Å². The molecule has 6 nitrogen and oxygen atoms in total. The van der Waals surface area contributed by atoms with E-state index in [0.717, 1.165) is 41.1 Å². The van der Waals surface area contributed by atoms with Crippen LogP contribution in [0.3, 0.4) is 0 Å². The smallest absolute Gasteiger partial charge is 0.259 e. The van der Waals surface area contributed by atoms with Gasteiger partial charge in [0.2, 0.25) is 0 Å². The SMILES string of the molecule is COc1ccc(NC(=O)c2c(/N=C/c3ccc(N(C)C)cc3)sc3c2CCC3)c(OC)c1. The summed E-state index contributed by atoms with van der Waals surface area (Å²) in [5.41, 5.74) is 4.51. The zero-order valence-electron chi connectivity index (χ0n) is 18.8. The molecule has 1 aliphatic carbocycles. The van der Waals surface area contributed by atoms with E-state index < -0.39 is 0 Å². The van der Waals surface area contributed by atoms with Gasteiger partial charge in [-0.15, -0.1) is 11.3 Å². The van der Waals surface area contributed by atoms with Crippen molar-refractivity contribution < 1.29 is 14.3 Å². The lowest BCUT2D eigenvalue weighted by molar-refractivity contribution is 0.102. The van der Waals surface area contributed by atoms with Gasteiger partial charge >= 0.3 is 0 Å². The average molecular weight is 450 g/mol. The topological polar surface area (TPSA) is 63.2 Å². The predicted molar refractivity (Wildman–Crippen MR) is 132 cm³/mol. The van der Waals surface area contributed by atoms with E-state index in [9.17, 15) is 4.79 Å². The molecule has 0 radical (unpaired) electrons. The van der Waals surface area contributed by atoms with Crippen LogP contribution in [0.5, 0.6) is 11.5 Å². The van der Waals surface area contributed by atoms with Crippen LogP contribution in [0.15, 0.2) is 47.5 Å². The Bertz CT molecular complexity index is 1150. The monoisotopic (exact) mass is 449 g/mol. The lowest BCUT2D eigenvalue weighted by atomic mass is 10.1. The standard InChI is InChI=1S/C25H27N3O3S/c1-28(2)17-10-8-16(9-11-17)15-26-25-23(19-6-5-7-22(19)32-25)24(29)27-20-13-12-18(30-3)14-21(20)31-4/h8-15H,5-7H2,1-4H3,(H,27,29)/b26-15+. The number of fused-ring (bicyclic) bond motifs is 1. The summed E-state index contributed by atoms with van der Waals surface area (Å²) in [6, 6.07) is 13.5. The van der Waals surface area contributed by atoms with Crippen LogP contribution in [0.25, 0.3) is 0 Å². The molecule has 4 rings (SSSR count). The molecule has 0 saturated heterocycles. The van der Waals surface area contributed by atoms with E-state index in [1.54, 1.807) is 43.8 Å². The average Bonchev–Trinajstić information content (AvgIpc) is 3.39. The number of benzene rings is 2. The van der Waals surface area contributed by atoms with Crippen molar-refractivity contribution >= 4 is 39.8 Å². The van der Waals surface area contributed by atoms with Crippen LogP contribution in [0, 0.1) is 0 Å². The second kappa shape index (κ2) is 9.44. The van der Waals surface area contributed by atoms with Crippen molar-refractivity contribution in [3.8, 4) is 11.5 Å². The second-order valence-corrected chi connectivity index (χ2v) is 8.89. The van der Waals surface area contributed by atoms with Gasteiger partial charge in [-0.05, 0) is 54.7 Å². The number of hydrogen-bond acceptors (Lipinski definition) is 6. The first-order valence-electron chi connectivity index (χ1n) is 10.5. The number of thiophene rings is 1. The van der Waals surface area contributed by atoms with Crippen LogP contribution < -0.4 is 19.7 Å². The molecule has 32 heavy (non-hydrogen) atoms. The third-order valence-electron chi connectivity index (χ3n) is 5.53. The first-order valence-corrected chi connectivity index (χ1v) is 11.3. The number of carbonyl (C=O) groups is 1. The number of rotatable bonds is 7. The summed E-state index contributed by atoms with van der Waals surface area (Å²) in [5.74, 6) is 1.06. The zero-order valence-corrected chi connectivity index (χ0v) is 19.6. The summed E-state index contributed by atoms with van der Waals surface area (Å²) < 4.78 is 10.7. The zero-order chi connectivity index (χ0) is 22.7. The van der Waals surface area contributed by atoms with Gasteiger partial charge < -0.3 is 19.7 Å². The van der Waals surface area contributed by atoms with Gasteiger partial charge in [-0.2, -0.15) is 0 Å². The van der Waals surface area contributed by atoms with Crippen LogP contribution in [0.4, 0.5) is 16.4 Å². The number of amides is 1. The fourth-order valence-corrected chi connectivity index (χ4v) is 5.02. The van der Waals surface area contributed by atoms with Gasteiger partial charge in [-0.25, -0.2) is 4.99 Å². The van der Waals surface area contributed by atoms with Crippen molar-refractivity contribution in [2.24, 2.45) is 4.99 Å². The molecular weight excluding hydrogens is 422 g/mol. The van der Waals surface area contributed by atoms with E-state index >= 15 is 0 Å². The first-order chi connectivity index (χ1) is 15.5. The van der Waals surface area contributed by atoms with E-state index in [-0.39, 0.29) is 5.91 Å². The molecule has 0 bridgehead atoms. The van der Waals surface area contributed by atoms with E-state index in [2.05, 4.69) is 22.3 Å². The summed E-state index contributed by atoms with van der Waals surface area (Å²) >= 11 is 1.61. The number of hydrogen-bond donors (Lipinski definition) is 1. The number of nitrogens with one attached hydrogen (secondary N) is 1. The Morgan fingerprint density at radius 3 is 2.56 bits per heavy atom. The number of aliphatic imine (C=N–C) groups is 1. The Hall–Kier alpha value is -3.32. The molecule has 166 valence electrons. The molecular formula is C25H27N3O3S. The van der Waals surface area contributed by atoms with E-state index in [1.165, 1.54) is 4.88 Å². The van der Waals surface area contributed by atoms with Gasteiger partial charge in [0, 0.05) is 36.9 Å². The highest BCUT2D eigenvalue weighted by atomic mass is 32.1. The number of aryl methyl sites for hydroxylation is 1. The Balaban J connectivity index is 1.62. The third kappa shape index (κ3) is 4.48. The fourth-order valence-electron chi connectivity index (χ4n) is 3.79. The highest BCUT2D eigenvalue weighted by Crippen LogP contribution is 2.41. The first kappa shape index (κ1) is 21.9. The lowest BCUT2D eigenvalue weighted by Gasteiger charge is -2.12. The normalized spacial score (nSPS) is 12.6. The maximum Gasteiger partial charge on any atom is 0.259 e. The maximum atomic E-state index is 13.3. The van der Waals surface area contributed by atoms with Crippen molar-refractivity contribution in [3.63, 3.8) is 0 Å². The molecule has 0 atom stereocenters. The molecule has 0 aliphatic heterocycles. The summed E-state index contributed by atoms with van der Waals surface area (Å²) in [5, 5.41) is 3.76. The number of nitrogens with zero attached hydrogens (tertiary/aromatic N) is 2. The molecule has 1 N–H and O–H groups in total. The summed E-state index contributed by atoms with van der Waals surface area (Å²) in [4.78, 5) is 21.4. The third-order valence-corrected chi connectivity index (χ3v) is 6.73. The Labute approximate surface area is 192 Å². The molecule has 0 saturated carbocycles. The molecule has 2 aromatic carbocycles. The van der Waals surface area contributed by atoms with E-state index in [1.807, 2.05) is 32.4 Å². The minimum Gasteiger partial charge on any atom is -0.497 e. The van der Waals surface area contributed by atoms with Crippen LogP contribution in [-0.2, 0) is 12.8 Å². The molecule has 1 heterocycles. The van der Waals surface area contributed by atoms with Crippen molar-refractivity contribution in [1.29, 1.82) is 0 Å². The number of anilines is 2. The number of methoxy groups -OCH3 is 2. The van der Waals surface area contributed by atoms with Crippen molar-refractivity contribution in [2.45, 2.75) is 19.3 Å². The summed E-state index contributed by atoms with van der Waals surface area (Å²) in [6.45, 7) is 0. The molecule has 1 aliphatic rings. The van der Waals surface area contributed by atoms with E-state index in [0.29, 0.717) is 22.7 Å². The minimum absolute atomic E-state index is 0.164. The van der Waals surface area contributed by atoms with Crippen LogP contribution in [0.1, 0.15) is 32.8 Å². The van der Waals surface area contributed by atoms with Crippen molar-refractivity contribution in [2.75, 3.05) is 38.5 Å². The molecule has 1 amide bonds. The van der Waals surface area contributed by atoms with E-state index in [4.69, 9.17) is 14.5 Å². The predicted octanol–water partition coefficient (Wildman–Crippen LogP) is 5.32. The Morgan fingerprint density at radius 2 is 1.88 bits per heavy atom. The van der Waals surface area contributed by atoms with Crippen LogP contribution in [0.2, 0.25) is 0 Å². The molecule has 0 unspecified atom stereocenters. The Morgan fingerprint density at radius 1 is 1.09 bits per heavy atom. The number of ether oxygens (including phenoxy) is 2. The van der Waals surface area contributed by atoms with Gasteiger partial charge in [0.15, 0.2) is 0 Å². The molecule has 7 heteroatoms. The molecule has 3 aromatic rings. The summed E-state index contributed by atoms with van der Waals surface area (Å²) in [6.07, 6.45) is 4.80. The molecule has 0 fully saturated rings. The Kier molecular flexibility index (Phi) is 6.46. The van der Waals surface area contributed by atoms with Gasteiger partial charge in [-0.3, -0.25) is 4.79 Å². The highest BCUT2D eigenvalue weighted by molar-refractivity contribution is 7.16. The van der Waals surface area contributed by atoms with Crippen LogP contribution >= 0.6 is 11.3 Å². The second-order valence-electron chi connectivity index (χ2n) is 7.80. The number of carbonyl (C=O) groups excluding carboxylic acids is 1. The highest BCUT2D eigenvalue weighted by Gasteiger charge is 2.27. The van der Waals surface area contributed by atoms with Gasteiger partial charge in [0.05, 0.1) is 25.5 Å². The van der Waals surface area contributed by atoms with Gasteiger partial charge in [0.1, 0.15) is 16.5 Å². The van der Waals surface area contributed by atoms with Crippen molar-refractivity contribution in [1.82, 2.24) is 0 Å². The lowest BCUT2D eigenvalue weighted by Crippen LogP contribution is -2.14. The summed E-state index contributed by atoms with van der Waals surface area (Å²) in [7, 11) is 7.20. The maximum absolute atomic E-state index is 13.3. The quantitative estimate of drug-likeness (QED) is 0.496. The largest absolute Gasteiger partial charge is 0.497 e. The van der Waals surface area contributed by atoms with Crippen LogP contribution in [-0.4, -0.2) is 40.4 Å². The minimum atomic E-state index is -0.164. The molecule has 0 spiro atoms. The van der Waals surface area contributed by atoms with Gasteiger partial charge in [0.25, 0.3) is 5.91 Å². The molecule has 1 aromatic heterocycles. The van der Waals surface area contributed by atoms with Crippen molar-refractivity contribution in [3.05, 3.63) is 64.0 Å². The fraction of sp³-hybridized carbons (Fsp3) is 0.280.